The minimum Gasteiger partial charge on any atom is -0.466 e. The van der Waals surface area contributed by atoms with E-state index in [4.69, 9.17) is 9.47 Å². The maximum absolute atomic E-state index is 11.7. The number of hydrogen-bond donors (Lipinski definition) is 0. The van der Waals surface area contributed by atoms with Crippen molar-refractivity contribution in [2.24, 2.45) is 0 Å². The van der Waals surface area contributed by atoms with E-state index in [2.05, 4.69) is 13.8 Å². The topological polar surface area (TPSA) is 52.6 Å². The Hall–Kier alpha value is -1.06. The van der Waals surface area contributed by atoms with Crippen LogP contribution in [0, 0.1) is 0 Å². The Balaban J connectivity index is 3.25. The summed E-state index contributed by atoms with van der Waals surface area (Å²) in [4.78, 5) is 23.5. The number of carbonyl (C=O) groups is 2. The van der Waals surface area contributed by atoms with E-state index in [1.807, 2.05) is 0 Å². The summed E-state index contributed by atoms with van der Waals surface area (Å²) < 4.78 is 10.6. The molecule has 0 saturated heterocycles. The van der Waals surface area contributed by atoms with Crippen molar-refractivity contribution in [2.75, 3.05) is 13.2 Å². The highest BCUT2D eigenvalue weighted by Gasteiger charge is 2.04. The lowest BCUT2D eigenvalue weighted by Crippen LogP contribution is -2.06. The molecule has 0 aliphatic heterocycles. The average molecular weight is 455 g/mol. The van der Waals surface area contributed by atoms with Crippen LogP contribution in [0.1, 0.15) is 155 Å². The molecule has 0 radical (unpaired) electrons. The van der Waals surface area contributed by atoms with Crippen molar-refractivity contribution in [3.8, 4) is 0 Å². The molecule has 0 aromatic heterocycles. The van der Waals surface area contributed by atoms with Crippen LogP contribution in [0.15, 0.2) is 0 Å². The summed E-state index contributed by atoms with van der Waals surface area (Å²) in [5.74, 6) is -0.0839. The maximum Gasteiger partial charge on any atom is 0.305 e. The van der Waals surface area contributed by atoms with Crippen molar-refractivity contribution >= 4 is 11.9 Å². The molecule has 0 rings (SSSR count). The lowest BCUT2D eigenvalue weighted by atomic mass is 10.1. The fourth-order valence-corrected chi connectivity index (χ4v) is 3.88. The molecule has 0 amide bonds. The molecule has 0 aromatic carbocycles. The molecule has 190 valence electrons. The molecule has 4 heteroatoms. The van der Waals surface area contributed by atoms with Crippen LogP contribution in [0.4, 0.5) is 0 Å². The summed E-state index contributed by atoms with van der Waals surface area (Å²) in [6, 6.07) is 0. The van der Waals surface area contributed by atoms with Crippen LogP contribution in [0.25, 0.3) is 0 Å². The van der Waals surface area contributed by atoms with Crippen LogP contribution >= 0.6 is 0 Å². The van der Waals surface area contributed by atoms with Crippen LogP contribution in [0.2, 0.25) is 0 Å². The smallest absolute Gasteiger partial charge is 0.305 e. The van der Waals surface area contributed by atoms with E-state index >= 15 is 0 Å². The summed E-state index contributed by atoms with van der Waals surface area (Å²) in [5, 5.41) is 0. The fraction of sp³-hybridized carbons (Fsp3) is 0.929. The molecule has 0 aliphatic carbocycles. The third kappa shape index (κ3) is 25.2. The molecule has 0 unspecified atom stereocenters. The zero-order valence-corrected chi connectivity index (χ0v) is 21.6. The Morgan fingerprint density at radius 2 is 0.688 bits per heavy atom. The highest BCUT2D eigenvalue weighted by atomic mass is 16.5. The van der Waals surface area contributed by atoms with Crippen LogP contribution in [0.3, 0.4) is 0 Å². The van der Waals surface area contributed by atoms with Gasteiger partial charge in [-0.15, -0.1) is 0 Å². The zero-order valence-electron chi connectivity index (χ0n) is 21.6. The van der Waals surface area contributed by atoms with Gasteiger partial charge >= 0.3 is 11.9 Å². The van der Waals surface area contributed by atoms with Gasteiger partial charge in [-0.25, -0.2) is 0 Å². The molecule has 4 nitrogen and oxygen atoms in total. The highest BCUT2D eigenvalue weighted by Crippen LogP contribution is 2.11. The Morgan fingerprint density at radius 1 is 0.406 bits per heavy atom. The molecule has 0 aromatic rings. The summed E-state index contributed by atoms with van der Waals surface area (Å²) in [6.45, 7) is 5.64. The van der Waals surface area contributed by atoms with Gasteiger partial charge in [0.2, 0.25) is 0 Å². The minimum absolute atomic E-state index is 0.0420. The number of carbonyl (C=O) groups excluding carboxylic acids is 2. The maximum atomic E-state index is 11.7. The molecule has 0 spiro atoms. The van der Waals surface area contributed by atoms with E-state index in [1.165, 1.54) is 77.0 Å². The lowest BCUT2D eigenvalue weighted by molar-refractivity contribution is -0.144. The average Bonchev–Trinajstić information content (AvgIpc) is 2.79. The van der Waals surface area contributed by atoms with Crippen molar-refractivity contribution in [3.05, 3.63) is 0 Å². The third-order valence-electron chi connectivity index (χ3n) is 6.03. The van der Waals surface area contributed by atoms with E-state index in [1.54, 1.807) is 0 Å². The first-order chi connectivity index (χ1) is 15.7. The summed E-state index contributed by atoms with van der Waals surface area (Å²) >= 11 is 0. The van der Waals surface area contributed by atoms with Gasteiger partial charge in [-0.2, -0.15) is 0 Å². The van der Waals surface area contributed by atoms with Crippen molar-refractivity contribution in [3.63, 3.8) is 0 Å². The number of rotatable bonds is 25. The largest absolute Gasteiger partial charge is 0.466 e. The van der Waals surface area contributed by atoms with Gasteiger partial charge in [-0.1, -0.05) is 117 Å². The highest BCUT2D eigenvalue weighted by molar-refractivity contribution is 5.69. The standard InChI is InChI=1S/C28H54O4/c1-3-5-7-9-13-17-21-25-31-27(29)23-19-15-11-12-16-20-24-28(30)32-26-22-18-14-10-8-6-4-2/h3-26H2,1-2H3. The molecular formula is C28H54O4. The Morgan fingerprint density at radius 3 is 1.03 bits per heavy atom. The predicted octanol–water partition coefficient (Wildman–Crippen LogP) is 8.69. The molecule has 0 atom stereocenters. The van der Waals surface area contributed by atoms with Crippen molar-refractivity contribution in [2.45, 2.75) is 155 Å². The van der Waals surface area contributed by atoms with Crippen molar-refractivity contribution in [1.82, 2.24) is 0 Å². The van der Waals surface area contributed by atoms with E-state index in [0.29, 0.717) is 26.1 Å². The van der Waals surface area contributed by atoms with Gasteiger partial charge in [-0.05, 0) is 25.7 Å². The second kappa shape index (κ2) is 26.2. The van der Waals surface area contributed by atoms with Crippen LogP contribution in [-0.2, 0) is 19.1 Å². The van der Waals surface area contributed by atoms with Gasteiger partial charge in [-0.3, -0.25) is 9.59 Å². The normalized spacial score (nSPS) is 10.9. The van der Waals surface area contributed by atoms with Crippen LogP contribution in [-0.4, -0.2) is 25.2 Å². The van der Waals surface area contributed by atoms with Gasteiger partial charge in [0.15, 0.2) is 0 Å². The predicted molar refractivity (Wildman–Crippen MR) is 135 cm³/mol. The molecule has 0 saturated carbocycles. The summed E-state index contributed by atoms with van der Waals surface area (Å²) in [6.07, 6.45) is 24.7. The molecule has 0 N–H and O–H groups in total. The fourth-order valence-electron chi connectivity index (χ4n) is 3.88. The number of hydrogen-bond acceptors (Lipinski definition) is 4. The second-order valence-electron chi connectivity index (χ2n) is 9.30. The molecule has 0 fully saturated rings. The molecule has 32 heavy (non-hydrogen) atoms. The first-order valence-electron chi connectivity index (χ1n) is 14.0. The minimum atomic E-state index is -0.0420. The van der Waals surface area contributed by atoms with Gasteiger partial charge in [0, 0.05) is 12.8 Å². The first-order valence-corrected chi connectivity index (χ1v) is 14.0. The van der Waals surface area contributed by atoms with Crippen LogP contribution < -0.4 is 0 Å². The Bertz CT molecular complexity index is 370. The van der Waals surface area contributed by atoms with Crippen LogP contribution in [0.5, 0.6) is 0 Å². The summed E-state index contributed by atoms with van der Waals surface area (Å²) in [5.41, 5.74) is 0. The summed E-state index contributed by atoms with van der Waals surface area (Å²) in [7, 11) is 0. The van der Waals surface area contributed by atoms with Gasteiger partial charge in [0.05, 0.1) is 13.2 Å². The third-order valence-corrected chi connectivity index (χ3v) is 6.03. The van der Waals surface area contributed by atoms with Gasteiger partial charge in [0.1, 0.15) is 0 Å². The number of unbranched alkanes of at least 4 members (excludes halogenated alkanes) is 17. The van der Waals surface area contributed by atoms with Gasteiger partial charge in [0.25, 0.3) is 0 Å². The first kappa shape index (κ1) is 30.9. The Kier molecular flexibility index (Phi) is 25.3. The van der Waals surface area contributed by atoms with E-state index < -0.39 is 0 Å². The second-order valence-corrected chi connectivity index (χ2v) is 9.30. The molecule has 0 bridgehead atoms. The quantitative estimate of drug-likeness (QED) is 0.102. The molecular weight excluding hydrogens is 400 g/mol. The lowest BCUT2D eigenvalue weighted by Gasteiger charge is -2.06. The SMILES string of the molecule is CCCCCCCCCOC(=O)CCCCCCCCC(=O)OCCCCCCCCC. The van der Waals surface area contributed by atoms with E-state index in [9.17, 15) is 9.59 Å². The molecule has 0 aliphatic rings. The monoisotopic (exact) mass is 454 g/mol. The van der Waals surface area contributed by atoms with Crippen molar-refractivity contribution in [1.29, 1.82) is 0 Å². The zero-order chi connectivity index (χ0) is 23.5. The van der Waals surface area contributed by atoms with Gasteiger partial charge < -0.3 is 9.47 Å². The number of esters is 2. The Labute approximate surface area is 199 Å². The van der Waals surface area contributed by atoms with E-state index in [-0.39, 0.29) is 11.9 Å². The van der Waals surface area contributed by atoms with E-state index in [0.717, 1.165) is 51.4 Å². The van der Waals surface area contributed by atoms with Crippen molar-refractivity contribution < 1.29 is 19.1 Å². The molecule has 0 heterocycles. The number of ether oxygens (including phenoxy) is 2.